The lowest BCUT2D eigenvalue weighted by Gasteiger charge is -2.20. The van der Waals surface area contributed by atoms with Crippen molar-refractivity contribution in [3.05, 3.63) is 35.6 Å². The second-order valence-corrected chi connectivity index (χ2v) is 5.01. The van der Waals surface area contributed by atoms with Crippen molar-refractivity contribution in [2.75, 3.05) is 26.7 Å². The first-order chi connectivity index (χ1) is 11.2. The third-order valence-electron chi connectivity index (χ3n) is 2.96. The van der Waals surface area contributed by atoms with Crippen molar-refractivity contribution in [3.8, 4) is 0 Å². The van der Waals surface area contributed by atoms with Crippen LogP contribution in [-0.2, 0) is 11.3 Å². The quantitative estimate of drug-likeness (QED) is 0.469. The van der Waals surface area contributed by atoms with Gasteiger partial charge in [-0.1, -0.05) is 18.2 Å². The van der Waals surface area contributed by atoms with E-state index in [1.807, 2.05) is 0 Å². The summed E-state index contributed by atoms with van der Waals surface area (Å²) in [5, 5.41) is 5.47. The minimum Gasteiger partial charge on any atom is -0.357 e. The van der Waals surface area contributed by atoms with Crippen LogP contribution in [0.1, 0.15) is 12.5 Å². The largest absolute Gasteiger partial charge is 0.406 e. The van der Waals surface area contributed by atoms with Crippen molar-refractivity contribution in [2.45, 2.75) is 19.6 Å². The molecule has 0 aliphatic heterocycles. The summed E-state index contributed by atoms with van der Waals surface area (Å²) in [7, 11) is 1.07. The van der Waals surface area contributed by atoms with Crippen molar-refractivity contribution in [1.82, 2.24) is 15.5 Å². The van der Waals surface area contributed by atoms with E-state index in [1.165, 1.54) is 6.07 Å². The molecule has 2 N–H and O–H groups in total. The zero-order valence-corrected chi connectivity index (χ0v) is 13.5. The number of amides is 1. The number of benzene rings is 1. The SMILES string of the molecule is CCNC(=NCc1ccccc1F)NCC(=O)N(C)CC(F)(F)F. The van der Waals surface area contributed by atoms with Crippen LogP contribution in [-0.4, -0.2) is 49.6 Å². The van der Waals surface area contributed by atoms with E-state index >= 15 is 0 Å². The number of nitrogens with one attached hydrogen (secondary N) is 2. The lowest BCUT2D eigenvalue weighted by Crippen LogP contribution is -2.45. The number of likely N-dealkylation sites (N-methyl/N-ethyl adjacent to an activating group) is 1. The van der Waals surface area contributed by atoms with Crippen LogP contribution in [0.25, 0.3) is 0 Å². The molecule has 0 radical (unpaired) electrons. The maximum Gasteiger partial charge on any atom is 0.406 e. The monoisotopic (exact) mass is 348 g/mol. The Labute approximate surface area is 137 Å². The normalized spacial score (nSPS) is 12.0. The van der Waals surface area contributed by atoms with Crippen molar-refractivity contribution >= 4 is 11.9 Å². The molecule has 1 aromatic rings. The van der Waals surface area contributed by atoms with Gasteiger partial charge in [0.2, 0.25) is 5.91 Å². The van der Waals surface area contributed by atoms with Gasteiger partial charge < -0.3 is 15.5 Å². The average molecular weight is 348 g/mol. The predicted octanol–water partition coefficient (Wildman–Crippen LogP) is 1.90. The molecule has 0 atom stereocenters. The molecule has 1 aromatic carbocycles. The summed E-state index contributed by atoms with van der Waals surface area (Å²) in [6.07, 6.45) is -4.45. The van der Waals surface area contributed by atoms with E-state index in [0.29, 0.717) is 17.0 Å². The molecule has 0 fully saturated rings. The number of alkyl halides is 3. The van der Waals surface area contributed by atoms with Gasteiger partial charge in [-0.15, -0.1) is 0 Å². The zero-order valence-electron chi connectivity index (χ0n) is 13.5. The number of carbonyl (C=O) groups excluding carboxylic acids is 1. The summed E-state index contributed by atoms with van der Waals surface area (Å²) in [5.74, 6) is -0.920. The molecule has 0 saturated carbocycles. The van der Waals surface area contributed by atoms with E-state index in [4.69, 9.17) is 0 Å². The highest BCUT2D eigenvalue weighted by atomic mass is 19.4. The molecule has 0 heterocycles. The van der Waals surface area contributed by atoms with Crippen molar-refractivity contribution in [3.63, 3.8) is 0 Å². The van der Waals surface area contributed by atoms with Crippen LogP contribution < -0.4 is 10.6 Å². The maximum atomic E-state index is 13.5. The lowest BCUT2D eigenvalue weighted by molar-refractivity contribution is -0.157. The molecule has 0 spiro atoms. The molecule has 1 rings (SSSR count). The highest BCUT2D eigenvalue weighted by Crippen LogP contribution is 2.15. The van der Waals surface area contributed by atoms with E-state index in [0.717, 1.165) is 7.05 Å². The van der Waals surface area contributed by atoms with Gasteiger partial charge in [0.25, 0.3) is 0 Å². The molecule has 24 heavy (non-hydrogen) atoms. The van der Waals surface area contributed by atoms with Gasteiger partial charge in [0.1, 0.15) is 12.4 Å². The highest BCUT2D eigenvalue weighted by molar-refractivity contribution is 5.86. The van der Waals surface area contributed by atoms with Gasteiger partial charge in [-0.2, -0.15) is 13.2 Å². The maximum absolute atomic E-state index is 13.5. The Morgan fingerprint density at radius 3 is 2.50 bits per heavy atom. The van der Waals surface area contributed by atoms with Gasteiger partial charge >= 0.3 is 6.18 Å². The Hall–Kier alpha value is -2.32. The minimum atomic E-state index is -4.45. The van der Waals surface area contributed by atoms with E-state index in [1.54, 1.807) is 25.1 Å². The van der Waals surface area contributed by atoms with Gasteiger partial charge in [0, 0.05) is 19.2 Å². The number of hydrogen-bond donors (Lipinski definition) is 2. The molecule has 0 aliphatic rings. The van der Waals surface area contributed by atoms with Gasteiger partial charge in [0.05, 0.1) is 13.1 Å². The Bertz CT molecular complexity index is 575. The Kier molecular flexibility index (Phi) is 7.47. The van der Waals surface area contributed by atoms with Crippen molar-refractivity contribution in [1.29, 1.82) is 0 Å². The highest BCUT2D eigenvalue weighted by Gasteiger charge is 2.31. The van der Waals surface area contributed by atoms with Crippen LogP contribution >= 0.6 is 0 Å². The summed E-state index contributed by atoms with van der Waals surface area (Å²) in [6.45, 7) is 0.633. The summed E-state index contributed by atoms with van der Waals surface area (Å²) in [6, 6.07) is 6.11. The number of guanidine groups is 1. The van der Waals surface area contributed by atoms with E-state index < -0.39 is 24.4 Å². The molecule has 0 aromatic heterocycles. The molecule has 5 nitrogen and oxygen atoms in total. The number of halogens is 4. The van der Waals surface area contributed by atoms with Crippen LogP contribution in [0.4, 0.5) is 17.6 Å². The van der Waals surface area contributed by atoms with Crippen molar-refractivity contribution in [2.24, 2.45) is 4.99 Å². The minimum absolute atomic E-state index is 0.0363. The number of aliphatic imine (C=N–C) groups is 1. The van der Waals surface area contributed by atoms with Gasteiger partial charge in [0.15, 0.2) is 5.96 Å². The van der Waals surface area contributed by atoms with Crippen LogP contribution in [0.2, 0.25) is 0 Å². The predicted molar refractivity (Wildman–Crippen MR) is 82.9 cm³/mol. The second-order valence-electron chi connectivity index (χ2n) is 5.01. The Balaban J connectivity index is 2.61. The fourth-order valence-electron chi connectivity index (χ4n) is 1.78. The van der Waals surface area contributed by atoms with E-state index in [-0.39, 0.29) is 19.0 Å². The number of rotatable bonds is 6. The first kappa shape index (κ1) is 19.7. The summed E-state index contributed by atoms with van der Waals surface area (Å²) < 4.78 is 50.3. The zero-order chi connectivity index (χ0) is 18.2. The lowest BCUT2D eigenvalue weighted by atomic mass is 10.2. The Morgan fingerprint density at radius 1 is 1.25 bits per heavy atom. The first-order valence-corrected chi connectivity index (χ1v) is 7.29. The molecule has 0 unspecified atom stereocenters. The van der Waals surface area contributed by atoms with E-state index in [2.05, 4.69) is 15.6 Å². The van der Waals surface area contributed by atoms with Gasteiger partial charge in [-0.05, 0) is 13.0 Å². The number of carbonyl (C=O) groups is 1. The number of nitrogens with zero attached hydrogens (tertiary/aromatic N) is 2. The van der Waals surface area contributed by atoms with Crippen molar-refractivity contribution < 1.29 is 22.4 Å². The third kappa shape index (κ3) is 7.30. The summed E-state index contributed by atoms with van der Waals surface area (Å²) in [4.78, 5) is 16.4. The fourth-order valence-corrected chi connectivity index (χ4v) is 1.78. The molecule has 1 amide bonds. The standard InChI is InChI=1S/C15H20F4N4O/c1-3-20-14(21-8-11-6-4-5-7-12(11)16)22-9-13(24)23(2)10-15(17,18)19/h4-7H,3,8-10H2,1-2H3,(H2,20,21,22). The first-order valence-electron chi connectivity index (χ1n) is 7.29. The average Bonchev–Trinajstić information content (AvgIpc) is 2.49. The second kappa shape index (κ2) is 9.09. The third-order valence-corrected chi connectivity index (χ3v) is 2.96. The van der Waals surface area contributed by atoms with E-state index in [9.17, 15) is 22.4 Å². The molecule has 0 saturated heterocycles. The van der Waals surface area contributed by atoms with Crippen LogP contribution in [0.3, 0.4) is 0 Å². The van der Waals surface area contributed by atoms with Crippen LogP contribution in [0.5, 0.6) is 0 Å². The molecule has 134 valence electrons. The van der Waals surface area contributed by atoms with Gasteiger partial charge in [-0.25, -0.2) is 9.38 Å². The number of hydrogen-bond acceptors (Lipinski definition) is 2. The fraction of sp³-hybridized carbons (Fsp3) is 0.467. The van der Waals surface area contributed by atoms with Crippen LogP contribution in [0.15, 0.2) is 29.3 Å². The molecular formula is C15H20F4N4O. The summed E-state index contributed by atoms with van der Waals surface area (Å²) >= 11 is 0. The topological polar surface area (TPSA) is 56.7 Å². The molecule has 0 aliphatic carbocycles. The molecule has 0 bridgehead atoms. The van der Waals surface area contributed by atoms with Gasteiger partial charge in [-0.3, -0.25) is 4.79 Å². The Morgan fingerprint density at radius 2 is 1.92 bits per heavy atom. The molecular weight excluding hydrogens is 328 g/mol. The molecule has 9 heteroatoms. The van der Waals surface area contributed by atoms with Crippen LogP contribution in [0, 0.1) is 5.82 Å². The smallest absolute Gasteiger partial charge is 0.357 e. The summed E-state index contributed by atoms with van der Waals surface area (Å²) in [5.41, 5.74) is 0.371.